The van der Waals surface area contributed by atoms with E-state index in [2.05, 4.69) is 10.0 Å². The van der Waals surface area contributed by atoms with E-state index < -0.39 is 10.0 Å². The molecule has 150 valence electrons. The summed E-state index contributed by atoms with van der Waals surface area (Å²) in [4.78, 5) is 12.5. The van der Waals surface area contributed by atoms with Gasteiger partial charge >= 0.3 is 0 Å². The molecule has 1 aliphatic rings. The fraction of sp³-hybridized carbons (Fsp3) is 0.350. The first-order valence-corrected chi connectivity index (χ1v) is 10.5. The van der Waals surface area contributed by atoms with Crippen LogP contribution in [-0.4, -0.2) is 40.7 Å². The largest absolute Gasteiger partial charge is 0.497 e. The van der Waals surface area contributed by atoms with Crippen LogP contribution in [0.3, 0.4) is 0 Å². The molecule has 0 saturated carbocycles. The second-order valence-corrected chi connectivity index (χ2v) is 8.34. The number of benzene rings is 2. The summed E-state index contributed by atoms with van der Waals surface area (Å²) in [5, 5.41) is 2.84. The molecule has 1 fully saturated rings. The number of carbonyl (C=O) groups is 1. The van der Waals surface area contributed by atoms with Crippen molar-refractivity contribution in [2.24, 2.45) is 0 Å². The van der Waals surface area contributed by atoms with E-state index in [0.717, 1.165) is 19.4 Å². The fourth-order valence-corrected chi connectivity index (χ4v) is 4.07. The van der Waals surface area contributed by atoms with Crippen molar-refractivity contribution in [1.82, 2.24) is 5.32 Å². The standard InChI is InChI=1S/C20H24N2O5S/c1-14-5-6-15(20(23)21-13-17-4-3-11-27-17)12-19(14)22-28(24,25)18-9-7-16(26-2)8-10-18/h5-10,12,17,22H,3-4,11,13H2,1-2H3,(H,21,23)/t17-/m0/s1. The van der Waals surface area contributed by atoms with Gasteiger partial charge in [0.15, 0.2) is 0 Å². The zero-order chi connectivity index (χ0) is 20.1. The molecule has 1 heterocycles. The van der Waals surface area contributed by atoms with Gasteiger partial charge in [0.2, 0.25) is 0 Å². The maximum absolute atomic E-state index is 12.7. The van der Waals surface area contributed by atoms with E-state index in [4.69, 9.17) is 9.47 Å². The molecule has 3 rings (SSSR count). The van der Waals surface area contributed by atoms with Crippen LogP contribution in [0.15, 0.2) is 47.4 Å². The predicted molar refractivity (Wildman–Crippen MR) is 106 cm³/mol. The predicted octanol–water partition coefficient (Wildman–Crippen LogP) is 2.71. The Morgan fingerprint density at radius 1 is 1.21 bits per heavy atom. The maximum atomic E-state index is 12.7. The first-order chi connectivity index (χ1) is 13.4. The third-order valence-electron chi connectivity index (χ3n) is 4.63. The van der Waals surface area contributed by atoms with Crippen LogP contribution in [0.1, 0.15) is 28.8 Å². The van der Waals surface area contributed by atoms with Crippen molar-refractivity contribution in [2.45, 2.75) is 30.8 Å². The Labute approximate surface area is 165 Å². The third kappa shape index (κ3) is 4.82. The van der Waals surface area contributed by atoms with Crippen LogP contribution < -0.4 is 14.8 Å². The lowest BCUT2D eigenvalue weighted by Crippen LogP contribution is -2.31. The molecule has 7 nitrogen and oxygen atoms in total. The van der Waals surface area contributed by atoms with Crippen LogP contribution in [-0.2, 0) is 14.8 Å². The molecule has 1 atom stereocenters. The minimum atomic E-state index is -3.79. The van der Waals surface area contributed by atoms with Gasteiger partial charge in [0.25, 0.3) is 15.9 Å². The Bertz CT molecular complexity index is 936. The van der Waals surface area contributed by atoms with E-state index in [0.29, 0.717) is 29.1 Å². The molecule has 0 aliphatic carbocycles. The van der Waals surface area contributed by atoms with Crippen LogP contribution in [0.5, 0.6) is 5.75 Å². The average molecular weight is 404 g/mol. The molecule has 1 aliphatic heterocycles. The normalized spacial score (nSPS) is 16.6. The summed E-state index contributed by atoms with van der Waals surface area (Å²) in [6, 6.07) is 11.0. The lowest BCUT2D eigenvalue weighted by Gasteiger charge is -2.14. The molecule has 0 radical (unpaired) electrons. The van der Waals surface area contributed by atoms with Gasteiger partial charge in [-0.25, -0.2) is 8.42 Å². The Balaban J connectivity index is 1.73. The highest BCUT2D eigenvalue weighted by Gasteiger charge is 2.19. The van der Waals surface area contributed by atoms with Crippen molar-refractivity contribution < 1.29 is 22.7 Å². The van der Waals surface area contributed by atoms with Crippen molar-refractivity contribution in [3.63, 3.8) is 0 Å². The zero-order valence-electron chi connectivity index (χ0n) is 15.9. The number of anilines is 1. The molecule has 2 N–H and O–H groups in total. The smallest absolute Gasteiger partial charge is 0.261 e. The van der Waals surface area contributed by atoms with Gasteiger partial charge in [0, 0.05) is 18.7 Å². The van der Waals surface area contributed by atoms with E-state index in [-0.39, 0.29) is 16.9 Å². The second kappa shape index (κ2) is 8.62. The van der Waals surface area contributed by atoms with Crippen molar-refractivity contribution in [3.8, 4) is 5.75 Å². The molecule has 8 heteroatoms. The van der Waals surface area contributed by atoms with Crippen LogP contribution in [0.4, 0.5) is 5.69 Å². The number of carbonyl (C=O) groups excluding carboxylic acids is 1. The molecule has 0 bridgehead atoms. The van der Waals surface area contributed by atoms with E-state index in [1.807, 2.05) is 0 Å². The SMILES string of the molecule is COc1ccc(S(=O)(=O)Nc2cc(C(=O)NC[C@@H]3CCCO3)ccc2C)cc1. The number of hydrogen-bond donors (Lipinski definition) is 2. The Morgan fingerprint density at radius 3 is 2.61 bits per heavy atom. The molecule has 0 spiro atoms. The molecule has 0 aromatic heterocycles. The van der Waals surface area contributed by atoms with Crippen molar-refractivity contribution in [2.75, 3.05) is 25.0 Å². The first-order valence-electron chi connectivity index (χ1n) is 9.06. The van der Waals surface area contributed by atoms with E-state index in [9.17, 15) is 13.2 Å². The number of sulfonamides is 1. The Kier molecular flexibility index (Phi) is 6.21. The highest BCUT2D eigenvalue weighted by Crippen LogP contribution is 2.23. The molecular formula is C20H24N2O5S. The number of rotatable bonds is 7. The fourth-order valence-electron chi connectivity index (χ4n) is 2.95. The van der Waals surface area contributed by atoms with Gasteiger partial charge in [-0.1, -0.05) is 6.07 Å². The first kappa shape index (κ1) is 20.2. The van der Waals surface area contributed by atoms with Gasteiger partial charge in [0.05, 0.1) is 23.8 Å². The topological polar surface area (TPSA) is 93.7 Å². The highest BCUT2D eigenvalue weighted by atomic mass is 32.2. The van der Waals surface area contributed by atoms with E-state index in [1.54, 1.807) is 37.3 Å². The van der Waals surface area contributed by atoms with Crippen LogP contribution in [0.25, 0.3) is 0 Å². The van der Waals surface area contributed by atoms with Crippen molar-refractivity contribution in [1.29, 1.82) is 0 Å². The van der Waals surface area contributed by atoms with Crippen molar-refractivity contribution >= 4 is 21.6 Å². The number of methoxy groups -OCH3 is 1. The second-order valence-electron chi connectivity index (χ2n) is 6.66. The summed E-state index contributed by atoms with van der Waals surface area (Å²) >= 11 is 0. The van der Waals surface area contributed by atoms with Crippen LogP contribution >= 0.6 is 0 Å². The monoisotopic (exact) mass is 404 g/mol. The number of amides is 1. The number of ether oxygens (including phenoxy) is 2. The summed E-state index contributed by atoms with van der Waals surface area (Å²) in [6.07, 6.45) is 1.98. The molecule has 1 saturated heterocycles. The van der Waals surface area contributed by atoms with Crippen LogP contribution in [0, 0.1) is 6.92 Å². The minimum absolute atomic E-state index is 0.0439. The third-order valence-corrected chi connectivity index (χ3v) is 6.01. The molecule has 2 aromatic carbocycles. The summed E-state index contributed by atoms with van der Waals surface area (Å²) in [5.74, 6) is 0.306. The number of hydrogen-bond acceptors (Lipinski definition) is 5. The zero-order valence-corrected chi connectivity index (χ0v) is 16.7. The number of nitrogens with one attached hydrogen (secondary N) is 2. The molecule has 1 amide bonds. The summed E-state index contributed by atoms with van der Waals surface area (Å²) in [5.41, 5.74) is 1.46. The lowest BCUT2D eigenvalue weighted by molar-refractivity contribution is 0.0858. The van der Waals surface area contributed by atoms with Gasteiger partial charge in [-0.3, -0.25) is 9.52 Å². The molecule has 2 aromatic rings. The summed E-state index contributed by atoms with van der Waals surface area (Å²) < 4.78 is 38.4. The van der Waals surface area contributed by atoms with Crippen LogP contribution in [0.2, 0.25) is 0 Å². The summed E-state index contributed by atoms with van der Waals surface area (Å²) in [6.45, 7) is 2.95. The lowest BCUT2D eigenvalue weighted by atomic mass is 10.1. The van der Waals surface area contributed by atoms with Gasteiger partial charge in [-0.15, -0.1) is 0 Å². The van der Waals surface area contributed by atoms with Gasteiger partial charge in [0.1, 0.15) is 5.75 Å². The molecule has 0 unspecified atom stereocenters. The molecule has 28 heavy (non-hydrogen) atoms. The highest BCUT2D eigenvalue weighted by molar-refractivity contribution is 7.92. The minimum Gasteiger partial charge on any atom is -0.497 e. The molecular weight excluding hydrogens is 380 g/mol. The van der Waals surface area contributed by atoms with E-state index >= 15 is 0 Å². The van der Waals surface area contributed by atoms with Gasteiger partial charge in [-0.2, -0.15) is 0 Å². The maximum Gasteiger partial charge on any atom is 0.261 e. The van der Waals surface area contributed by atoms with Crippen molar-refractivity contribution in [3.05, 3.63) is 53.6 Å². The van der Waals surface area contributed by atoms with Gasteiger partial charge < -0.3 is 14.8 Å². The summed E-state index contributed by atoms with van der Waals surface area (Å²) in [7, 11) is -2.27. The Morgan fingerprint density at radius 2 is 1.96 bits per heavy atom. The van der Waals surface area contributed by atoms with E-state index in [1.165, 1.54) is 19.2 Å². The number of aryl methyl sites for hydroxylation is 1. The average Bonchev–Trinajstić information content (AvgIpc) is 3.21. The van der Waals surface area contributed by atoms with Gasteiger partial charge in [-0.05, 0) is 61.7 Å². The quantitative estimate of drug-likeness (QED) is 0.740. The Hall–Kier alpha value is -2.58.